The summed E-state index contributed by atoms with van der Waals surface area (Å²) in [4.78, 5) is 33.4. The summed E-state index contributed by atoms with van der Waals surface area (Å²) in [5, 5.41) is 12.4. The molecule has 8 nitrogen and oxygen atoms in total. The lowest BCUT2D eigenvalue weighted by atomic mass is 10.00. The first-order chi connectivity index (χ1) is 12.5. The first-order valence-corrected chi connectivity index (χ1v) is 8.05. The minimum atomic E-state index is -5.11. The second kappa shape index (κ2) is 8.09. The molecule has 1 aliphatic heterocycles. The Balaban J connectivity index is 2.15. The summed E-state index contributed by atoms with van der Waals surface area (Å²) in [6.07, 6.45) is -7.47. The Kier molecular flexibility index (Phi) is 6.26. The van der Waals surface area contributed by atoms with Gasteiger partial charge in [0.05, 0.1) is 22.6 Å². The lowest BCUT2D eigenvalue weighted by molar-refractivity contribution is -0.384. The van der Waals surface area contributed by atoms with Crippen molar-refractivity contribution in [1.82, 2.24) is 5.32 Å². The van der Waals surface area contributed by atoms with E-state index in [2.05, 4.69) is 0 Å². The van der Waals surface area contributed by atoms with Crippen LogP contribution in [-0.4, -0.2) is 46.8 Å². The number of amides is 1. The number of esters is 1. The molecule has 0 aliphatic carbocycles. The van der Waals surface area contributed by atoms with Crippen molar-refractivity contribution in [2.75, 3.05) is 0 Å². The molecule has 12 heteroatoms. The molecule has 1 aromatic carbocycles. The van der Waals surface area contributed by atoms with E-state index in [4.69, 9.17) is 21.1 Å². The summed E-state index contributed by atoms with van der Waals surface area (Å²) in [5.74, 6) is -3.13. The van der Waals surface area contributed by atoms with E-state index in [1.54, 1.807) is 5.32 Å². The number of rotatable bonds is 4. The lowest BCUT2D eigenvalue weighted by Gasteiger charge is -2.38. The highest BCUT2D eigenvalue weighted by Crippen LogP contribution is 2.27. The van der Waals surface area contributed by atoms with Crippen LogP contribution in [0.1, 0.15) is 23.7 Å². The van der Waals surface area contributed by atoms with Crippen LogP contribution in [0.25, 0.3) is 0 Å². The molecule has 0 aromatic heterocycles. The zero-order valence-corrected chi connectivity index (χ0v) is 14.5. The number of benzene rings is 1. The highest BCUT2D eigenvalue weighted by atomic mass is 35.5. The topological polar surface area (TPSA) is 108 Å². The third-order valence-corrected chi connectivity index (χ3v) is 4.07. The fraction of sp³-hybridized carbons (Fsp3) is 0.467. The average Bonchev–Trinajstić information content (AvgIpc) is 2.56. The molecule has 1 fully saturated rings. The van der Waals surface area contributed by atoms with Crippen LogP contribution in [0.4, 0.5) is 18.9 Å². The van der Waals surface area contributed by atoms with Crippen molar-refractivity contribution in [2.24, 2.45) is 0 Å². The van der Waals surface area contributed by atoms with Crippen LogP contribution in [0.15, 0.2) is 24.3 Å². The van der Waals surface area contributed by atoms with E-state index >= 15 is 0 Å². The summed E-state index contributed by atoms with van der Waals surface area (Å²) in [6, 6.07) is 3.21. The van der Waals surface area contributed by atoms with Gasteiger partial charge in [0.1, 0.15) is 11.7 Å². The standard InChI is InChI=1S/C15H14ClF3N2O6/c1-7-12(10(6-11(16)26-7)20-14(23)15(17,18)19)27-13(22)8-2-4-9(5-3-8)21(24)25/h2-5,7,10-12H,6H2,1H3,(H,20,23). The maximum absolute atomic E-state index is 12.5. The quantitative estimate of drug-likeness (QED) is 0.354. The van der Waals surface area contributed by atoms with Gasteiger partial charge < -0.3 is 14.8 Å². The number of carbonyl (C=O) groups is 2. The summed E-state index contributed by atoms with van der Waals surface area (Å²) in [5.41, 5.74) is -1.28. The van der Waals surface area contributed by atoms with Crippen LogP contribution < -0.4 is 5.32 Å². The minimum Gasteiger partial charge on any atom is -0.454 e. The Morgan fingerprint density at radius 1 is 1.33 bits per heavy atom. The number of nitrogens with one attached hydrogen (secondary N) is 1. The maximum atomic E-state index is 12.5. The van der Waals surface area contributed by atoms with E-state index in [-0.39, 0.29) is 17.7 Å². The van der Waals surface area contributed by atoms with Crippen molar-refractivity contribution in [3.05, 3.63) is 39.9 Å². The van der Waals surface area contributed by atoms with Crippen LogP contribution in [-0.2, 0) is 14.3 Å². The summed E-state index contributed by atoms with van der Waals surface area (Å²) < 4.78 is 48.0. The molecule has 4 atom stereocenters. The molecule has 0 bridgehead atoms. The SMILES string of the molecule is CC1OC(Cl)CC(NC(=O)C(F)(F)F)C1OC(=O)c1ccc([N+](=O)[O-])cc1. The number of ether oxygens (including phenoxy) is 2. The number of nitrogens with zero attached hydrogens (tertiary/aromatic N) is 1. The lowest BCUT2D eigenvalue weighted by Crippen LogP contribution is -2.57. The molecule has 0 radical (unpaired) electrons. The molecule has 148 valence electrons. The second-order valence-corrected chi connectivity index (χ2v) is 6.23. The Morgan fingerprint density at radius 2 is 1.93 bits per heavy atom. The molecule has 1 amide bonds. The molecule has 2 rings (SSSR count). The average molecular weight is 411 g/mol. The molecule has 0 saturated carbocycles. The molecular weight excluding hydrogens is 397 g/mol. The number of alkyl halides is 4. The normalized spacial score (nSPS) is 25.5. The first kappa shape index (κ1) is 20.9. The van der Waals surface area contributed by atoms with Crippen LogP contribution >= 0.6 is 11.6 Å². The number of nitro benzene ring substituents is 1. The van der Waals surface area contributed by atoms with Crippen LogP contribution in [0.2, 0.25) is 0 Å². The van der Waals surface area contributed by atoms with Crippen LogP contribution in [0, 0.1) is 10.1 Å². The van der Waals surface area contributed by atoms with E-state index in [1.165, 1.54) is 6.92 Å². The van der Waals surface area contributed by atoms with Gasteiger partial charge in [-0.15, -0.1) is 0 Å². The van der Waals surface area contributed by atoms with Gasteiger partial charge >= 0.3 is 18.1 Å². The van der Waals surface area contributed by atoms with Crippen molar-refractivity contribution in [2.45, 2.75) is 43.3 Å². The molecule has 1 heterocycles. The number of carbonyl (C=O) groups excluding carboxylic acids is 2. The molecule has 1 saturated heterocycles. The third-order valence-electron chi connectivity index (χ3n) is 3.79. The number of halogens is 4. The number of nitro groups is 1. The van der Waals surface area contributed by atoms with Gasteiger partial charge in [0.15, 0.2) is 0 Å². The number of hydrogen-bond donors (Lipinski definition) is 1. The molecule has 0 spiro atoms. The zero-order chi connectivity index (χ0) is 20.4. The van der Waals surface area contributed by atoms with Gasteiger partial charge in [-0.1, -0.05) is 11.6 Å². The molecule has 4 unspecified atom stereocenters. The molecule has 27 heavy (non-hydrogen) atoms. The predicted octanol–water partition coefficient (Wildman–Crippen LogP) is 2.54. The third kappa shape index (κ3) is 5.30. The predicted molar refractivity (Wildman–Crippen MR) is 85.1 cm³/mol. The second-order valence-electron chi connectivity index (χ2n) is 5.74. The highest BCUT2D eigenvalue weighted by Gasteiger charge is 2.45. The molecule has 1 N–H and O–H groups in total. The van der Waals surface area contributed by atoms with E-state index in [9.17, 15) is 32.9 Å². The van der Waals surface area contributed by atoms with Crippen molar-refractivity contribution in [3.63, 3.8) is 0 Å². The Labute approximate surface area is 155 Å². The van der Waals surface area contributed by atoms with E-state index in [0.29, 0.717) is 0 Å². The van der Waals surface area contributed by atoms with Gasteiger partial charge in [0.2, 0.25) is 0 Å². The number of hydrogen-bond acceptors (Lipinski definition) is 6. The molecule has 1 aromatic rings. The van der Waals surface area contributed by atoms with Crippen molar-refractivity contribution in [1.29, 1.82) is 0 Å². The van der Waals surface area contributed by atoms with Crippen molar-refractivity contribution < 1.29 is 37.2 Å². The van der Waals surface area contributed by atoms with Gasteiger partial charge in [-0.25, -0.2) is 4.79 Å². The Bertz CT molecular complexity index is 727. The fourth-order valence-corrected chi connectivity index (χ4v) is 2.86. The summed E-state index contributed by atoms with van der Waals surface area (Å²) >= 11 is 5.81. The molecular formula is C15H14ClF3N2O6. The smallest absolute Gasteiger partial charge is 0.454 e. The molecule has 1 aliphatic rings. The maximum Gasteiger partial charge on any atom is 0.471 e. The van der Waals surface area contributed by atoms with E-state index in [0.717, 1.165) is 24.3 Å². The zero-order valence-electron chi connectivity index (χ0n) is 13.7. The van der Waals surface area contributed by atoms with Gasteiger partial charge in [-0.3, -0.25) is 14.9 Å². The minimum absolute atomic E-state index is 0.0540. The summed E-state index contributed by atoms with van der Waals surface area (Å²) in [6.45, 7) is 1.43. The van der Waals surface area contributed by atoms with Crippen LogP contribution in [0.5, 0.6) is 0 Å². The van der Waals surface area contributed by atoms with Gasteiger partial charge in [-0.2, -0.15) is 13.2 Å². The van der Waals surface area contributed by atoms with E-state index in [1.807, 2.05) is 0 Å². The number of non-ortho nitro benzene ring substituents is 1. The summed E-state index contributed by atoms with van der Waals surface area (Å²) in [7, 11) is 0. The van der Waals surface area contributed by atoms with Crippen molar-refractivity contribution in [3.8, 4) is 0 Å². The first-order valence-electron chi connectivity index (χ1n) is 7.61. The monoisotopic (exact) mass is 410 g/mol. The highest BCUT2D eigenvalue weighted by molar-refractivity contribution is 6.19. The largest absolute Gasteiger partial charge is 0.471 e. The van der Waals surface area contributed by atoms with Gasteiger partial charge in [0.25, 0.3) is 5.69 Å². The fourth-order valence-electron chi connectivity index (χ4n) is 2.51. The van der Waals surface area contributed by atoms with Crippen LogP contribution in [0.3, 0.4) is 0 Å². The van der Waals surface area contributed by atoms with Gasteiger partial charge in [0, 0.05) is 18.6 Å². The Morgan fingerprint density at radius 3 is 2.44 bits per heavy atom. The van der Waals surface area contributed by atoms with Gasteiger partial charge in [-0.05, 0) is 19.1 Å². The Hall–Kier alpha value is -2.40. The van der Waals surface area contributed by atoms with Crippen molar-refractivity contribution >= 4 is 29.2 Å². The van der Waals surface area contributed by atoms with E-state index < -0.39 is 46.8 Å².